The Morgan fingerprint density at radius 3 is 2.55 bits per heavy atom. The number of nitrogen functional groups attached to an aromatic ring is 1. The summed E-state index contributed by atoms with van der Waals surface area (Å²) in [6.45, 7) is 0. The van der Waals surface area contributed by atoms with E-state index in [-0.39, 0.29) is 16.3 Å². The number of amides is 1. The first-order chi connectivity index (χ1) is 9.40. The Balaban J connectivity index is 2.28. The van der Waals surface area contributed by atoms with E-state index in [9.17, 15) is 9.18 Å². The lowest BCUT2D eigenvalue weighted by molar-refractivity contribution is 0.102. The van der Waals surface area contributed by atoms with Gasteiger partial charge in [-0.15, -0.1) is 0 Å². The van der Waals surface area contributed by atoms with Gasteiger partial charge in [0.05, 0.1) is 21.4 Å². The zero-order valence-corrected chi connectivity index (χ0v) is 13.0. The average Bonchev–Trinajstić information content (AvgIpc) is 2.42. The molecule has 0 saturated carbocycles. The van der Waals surface area contributed by atoms with Crippen molar-refractivity contribution in [2.75, 3.05) is 11.1 Å². The molecule has 0 aliphatic heterocycles. The summed E-state index contributed by atoms with van der Waals surface area (Å²) in [6.07, 6.45) is 0. The summed E-state index contributed by atoms with van der Waals surface area (Å²) >= 11 is 15.2. The molecule has 0 aliphatic rings. The molecule has 0 atom stereocenters. The first-order valence-electron chi connectivity index (χ1n) is 5.40. The van der Waals surface area contributed by atoms with Gasteiger partial charge in [0.25, 0.3) is 5.91 Å². The summed E-state index contributed by atoms with van der Waals surface area (Å²) in [5.41, 5.74) is 5.89. The minimum Gasteiger partial charge on any atom is -0.396 e. The second-order valence-electron chi connectivity index (χ2n) is 3.91. The Bertz CT molecular complexity index is 694. The molecule has 104 valence electrons. The molecule has 0 spiro atoms. The van der Waals surface area contributed by atoms with Crippen molar-refractivity contribution in [2.24, 2.45) is 0 Å². The van der Waals surface area contributed by atoms with Gasteiger partial charge in [0.1, 0.15) is 5.82 Å². The predicted molar refractivity (Wildman–Crippen MR) is 82.9 cm³/mol. The van der Waals surface area contributed by atoms with Crippen molar-refractivity contribution in [3.8, 4) is 0 Å². The van der Waals surface area contributed by atoms with Crippen LogP contribution in [0.25, 0.3) is 0 Å². The molecule has 0 heterocycles. The zero-order valence-electron chi connectivity index (χ0n) is 9.88. The van der Waals surface area contributed by atoms with Crippen LogP contribution in [0.2, 0.25) is 10.0 Å². The molecule has 20 heavy (non-hydrogen) atoms. The number of rotatable bonds is 2. The van der Waals surface area contributed by atoms with Gasteiger partial charge in [-0.2, -0.15) is 0 Å². The van der Waals surface area contributed by atoms with Crippen LogP contribution in [0.3, 0.4) is 0 Å². The topological polar surface area (TPSA) is 55.1 Å². The van der Waals surface area contributed by atoms with E-state index in [1.165, 1.54) is 12.1 Å². The van der Waals surface area contributed by atoms with Gasteiger partial charge < -0.3 is 11.1 Å². The molecule has 2 aromatic rings. The van der Waals surface area contributed by atoms with E-state index in [0.29, 0.717) is 15.2 Å². The van der Waals surface area contributed by atoms with E-state index in [0.717, 1.165) is 6.07 Å². The number of anilines is 2. The Hall–Kier alpha value is -1.30. The van der Waals surface area contributed by atoms with Crippen LogP contribution in [0, 0.1) is 5.82 Å². The summed E-state index contributed by atoms with van der Waals surface area (Å²) in [5.74, 6) is -1.04. The fraction of sp³-hybridized carbons (Fsp3) is 0. The molecular formula is C13H8BrCl2FN2O. The largest absolute Gasteiger partial charge is 0.396 e. The van der Waals surface area contributed by atoms with E-state index < -0.39 is 11.7 Å². The van der Waals surface area contributed by atoms with Crippen LogP contribution < -0.4 is 11.1 Å². The van der Waals surface area contributed by atoms with Gasteiger partial charge in [0.15, 0.2) is 0 Å². The number of hydrogen-bond donors (Lipinski definition) is 2. The lowest BCUT2D eigenvalue weighted by atomic mass is 10.2. The van der Waals surface area contributed by atoms with Crippen molar-refractivity contribution in [3.63, 3.8) is 0 Å². The van der Waals surface area contributed by atoms with Crippen LogP contribution in [0.1, 0.15) is 10.4 Å². The second kappa shape index (κ2) is 5.99. The summed E-state index contributed by atoms with van der Waals surface area (Å²) in [4.78, 5) is 12.0. The van der Waals surface area contributed by atoms with Crippen molar-refractivity contribution in [1.29, 1.82) is 0 Å². The highest BCUT2D eigenvalue weighted by molar-refractivity contribution is 9.10. The monoisotopic (exact) mass is 376 g/mol. The van der Waals surface area contributed by atoms with Crippen LogP contribution in [0.4, 0.5) is 15.8 Å². The molecule has 3 N–H and O–H groups in total. The normalized spacial score (nSPS) is 10.4. The highest BCUT2D eigenvalue weighted by atomic mass is 79.9. The Kier molecular flexibility index (Phi) is 4.52. The highest BCUT2D eigenvalue weighted by Gasteiger charge is 2.13. The van der Waals surface area contributed by atoms with Crippen LogP contribution in [-0.4, -0.2) is 5.91 Å². The maximum absolute atomic E-state index is 13.0. The van der Waals surface area contributed by atoms with Crippen molar-refractivity contribution in [2.45, 2.75) is 0 Å². The minimum absolute atomic E-state index is 0.0995. The fourth-order valence-electron chi connectivity index (χ4n) is 1.50. The average molecular weight is 378 g/mol. The quantitative estimate of drug-likeness (QED) is 0.587. The molecule has 1 amide bonds. The smallest absolute Gasteiger partial charge is 0.255 e. The molecular weight excluding hydrogens is 370 g/mol. The molecule has 0 aromatic heterocycles. The molecule has 7 heteroatoms. The number of carbonyl (C=O) groups is 1. The van der Waals surface area contributed by atoms with Gasteiger partial charge in [-0.1, -0.05) is 23.2 Å². The van der Waals surface area contributed by atoms with Gasteiger partial charge in [-0.25, -0.2) is 4.39 Å². The van der Waals surface area contributed by atoms with Gasteiger partial charge in [-0.3, -0.25) is 4.79 Å². The summed E-state index contributed by atoms with van der Waals surface area (Å²) in [7, 11) is 0. The summed E-state index contributed by atoms with van der Waals surface area (Å²) < 4.78 is 13.7. The maximum atomic E-state index is 13.0. The zero-order chi connectivity index (χ0) is 14.9. The molecule has 2 rings (SSSR count). The molecule has 0 radical (unpaired) electrons. The Labute approximate surface area is 133 Å². The Morgan fingerprint density at radius 1 is 1.20 bits per heavy atom. The third kappa shape index (κ3) is 3.06. The van der Waals surface area contributed by atoms with Crippen molar-refractivity contribution in [3.05, 3.63) is 56.2 Å². The number of nitrogens with two attached hydrogens (primary N) is 1. The number of nitrogens with one attached hydrogen (secondary N) is 1. The van der Waals surface area contributed by atoms with Crippen LogP contribution in [-0.2, 0) is 0 Å². The lowest BCUT2D eigenvalue weighted by Crippen LogP contribution is -2.13. The molecule has 0 saturated heterocycles. The van der Waals surface area contributed by atoms with Crippen LogP contribution in [0.15, 0.2) is 34.8 Å². The molecule has 3 nitrogen and oxygen atoms in total. The first-order valence-corrected chi connectivity index (χ1v) is 6.95. The lowest BCUT2D eigenvalue weighted by Gasteiger charge is -2.10. The summed E-state index contributed by atoms with van der Waals surface area (Å²) in [6, 6.07) is 6.96. The van der Waals surface area contributed by atoms with Crippen molar-refractivity contribution >= 4 is 56.4 Å². The number of hydrogen-bond acceptors (Lipinski definition) is 2. The van der Waals surface area contributed by atoms with Gasteiger partial charge in [0.2, 0.25) is 0 Å². The second-order valence-corrected chi connectivity index (χ2v) is 5.52. The predicted octanol–water partition coefficient (Wildman–Crippen LogP) is 4.73. The number of benzene rings is 2. The van der Waals surface area contributed by atoms with Gasteiger partial charge in [0, 0.05) is 10.0 Å². The van der Waals surface area contributed by atoms with Gasteiger partial charge >= 0.3 is 0 Å². The third-order valence-electron chi connectivity index (χ3n) is 2.54. The number of carbonyl (C=O) groups excluding carboxylic acids is 1. The van der Waals surface area contributed by atoms with E-state index in [1.54, 1.807) is 12.1 Å². The van der Waals surface area contributed by atoms with E-state index >= 15 is 0 Å². The van der Waals surface area contributed by atoms with Gasteiger partial charge in [-0.05, 0) is 46.3 Å². The highest BCUT2D eigenvalue weighted by Crippen LogP contribution is 2.36. The third-order valence-corrected chi connectivity index (χ3v) is 4.31. The van der Waals surface area contributed by atoms with Crippen molar-refractivity contribution < 1.29 is 9.18 Å². The first kappa shape index (κ1) is 15.1. The molecule has 0 fully saturated rings. The Morgan fingerprint density at radius 2 is 1.90 bits per heavy atom. The SMILES string of the molecule is Nc1cc(C(=O)Nc2ccc(Br)c(Cl)c2Cl)ccc1F. The van der Waals surface area contributed by atoms with E-state index in [2.05, 4.69) is 21.2 Å². The summed E-state index contributed by atoms with van der Waals surface area (Å²) in [5, 5.41) is 3.09. The fourth-order valence-corrected chi connectivity index (χ4v) is 2.32. The number of halogens is 4. The molecule has 0 unspecified atom stereocenters. The molecule has 2 aromatic carbocycles. The van der Waals surface area contributed by atoms with E-state index in [1.807, 2.05) is 0 Å². The standard InChI is InChI=1S/C13H8BrCl2FN2O/c14-7-2-4-10(12(16)11(7)15)19-13(20)6-1-3-8(17)9(18)5-6/h1-5H,18H2,(H,19,20). The minimum atomic E-state index is -0.578. The van der Waals surface area contributed by atoms with Crippen LogP contribution in [0.5, 0.6) is 0 Å². The van der Waals surface area contributed by atoms with Crippen LogP contribution >= 0.6 is 39.1 Å². The van der Waals surface area contributed by atoms with E-state index in [4.69, 9.17) is 28.9 Å². The maximum Gasteiger partial charge on any atom is 0.255 e. The van der Waals surface area contributed by atoms with Crippen molar-refractivity contribution in [1.82, 2.24) is 0 Å². The molecule has 0 aliphatic carbocycles. The molecule has 0 bridgehead atoms.